The van der Waals surface area contributed by atoms with Crippen LogP contribution in [-0.4, -0.2) is 57.6 Å². The van der Waals surface area contributed by atoms with Crippen LogP contribution in [0.2, 0.25) is 0 Å². The number of sulfonamides is 1. The summed E-state index contributed by atoms with van der Waals surface area (Å²) in [4.78, 5) is 12.7. The molecule has 0 radical (unpaired) electrons. The Bertz CT molecular complexity index is 890. The number of methoxy groups -OCH3 is 1. The maximum Gasteiger partial charge on any atom is 0.238 e. The van der Waals surface area contributed by atoms with Gasteiger partial charge in [-0.25, -0.2) is 8.42 Å². The van der Waals surface area contributed by atoms with E-state index in [1.165, 1.54) is 4.31 Å². The van der Waals surface area contributed by atoms with E-state index in [0.717, 1.165) is 0 Å². The van der Waals surface area contributed by atoms with Crippen LogP contribution < -0.4 is 10.1 Å². The van der Waals surface area contributed by atoms with E-state index in [4.69, 9.17) is 9.47 Å². The molecule has 1 fully saturated rings. The van der Waals surface area contributed by atoms with Gasteiger partial charge in [-0.05, 0) is 17.7 Å². The quantitative estimate of drug-likeness (QED) is 0.628. The third kappa shape index (κ3) is 5.79. The van der Waals surface area contributed by atoms with Gasteiger partial charge in [0.1, 0.15) is 17.9 Å². The van der Waals surface area contributed by atoms with Crippen LogP contribution >= 0.6 is 0 Å². The molecule has 0 bridgehead atoms. The molecule has 8 heteroatoms. The van der Waals surface area contributed by atoms with Gasteiger partial charge in [-0.2, -0.15) is 4.31 Å². The molecule has 0 aromatic heterocycles. The average molecular weight is 419 g/mol. The van der Waals surface area contributed by atoms with Gasteiger partial charge in [-0.3, -0.25) is 4.79 Å². The standard InChI is InChI=1S/C21H26N2O5S/c1-27-13-12-22-21(24)20-14-19(28-18-10-6-3-7-11-18)15-23(20)29(25,26)16-17-8-4-2-5-9-17/h2-11,19-20H,12-16H2,1H3,(H,22,24)/t19-,20-/m0/s1. The van der Waals surface area contributed by atoms with E-state index in [0.29, 0.717) is 30.9 Å². The number of amides is 1. The second kappa shape index (κ2) is 9.87. The zero-order valence-corrected chi connectivity index (χ0v) is 17.2. The summed E-state index contributed by atoms with van der Waals surface area (Å²) in [6.07, 6.45) is -0.108. The van der Waals surface area contributed by atoms with E-state index < -0.39 is 22.2 Å². The van der Waals surface area contributed by atoms with Crippen LogP contribution in [0.4, 0.5) is 0 Å². The van der Waals surface area contributed by atoms with E-state index in [2.05, 4.69) is 5.32 Å². The summed E-state index contributed by atoms with van der Waals surface area (Å²) in [7, 11) is -2.16. The highest BCUT2D eigenvalue weighted by Crippen LogP contribution is 2.27. The number of ether oxygens (including phenoxy) is 2. The summed E-state index contributed by atoms with van der Waals surface area (Å²) < 4.78 is 38.4. The second-order valence-electron chi connectivity index (χ2n) is 6.90. The molecule has 1 amide bonds. The third-order valence-electron chi connectivity index (χ3n) is 4.72. The van der Waals surface area contributed by atoms with Crippen LogP contribution in [0, 0.1) is 0 Å². The fourth-order valence-electron chi connectivity index (χ4n) is 3.35. The molecule has 29 heavy (non-hydrogen) atoms. The molecule has 0 unspecified atom stereocenters. The van der Waals surface area contributed by atoms with Crippen LogP contribution in [0.25, 0.3) is 0 Å². The van der Waals surface area contributed by atoms with E-state index in [9.17, 15) is 13.2 Å². The summed E-state index contributed by atoms with van der Waals surface area (Å²) >= 11 is 0. The van der Waals surface area contributed by atoms with Crippen molar-refractivity contribution < 1.29 is 22.7 Å². The minimum Gasteiger partial charge on any atom is -0.489 e. The summed E-state index contributed by atoms with van der Waals surface area (Å²) in [5.41, 5.74) is 0.679. The van der Waals surface area contributed by atoms with Crippen molar-refractivity contribution in [1.29, 1.82) is 0 Å². The zero-order chi connectivity index (χ0) is 20.7. The van der Waals surface area contributed by atoms with Crippen molar-refractivity contribution in [2.75, 3.05) is 26.8 Å². The number of rotatable bonds is 9. The number of carbonyl (C=O) groups excluding carboxylic acids is 1. The Balaban J connectivity index is 1.77. The van der Waals surface area contributed by atoms with E-state index in [1.54, 1.807) is 31.4 Å². The summed E-state index contributed by atoms with van der Waals surface area (Å²) in [6.45, 7) is 0.814. The highest BCUT2D eigenvalue weighted by Gasteiger charge is 2.44. The fraction of sp³-hybridized carbons (Fsp3) is 0.381. The molecule has 1 aliphatic rings. The monoisotopic (exact) mass is 418 g/mol. The highest BCUT2D eigenvalue weighted by atomic mass is 32.2. The average Bonchev–Trinajstić information content (AvgIpc) is 3.14. The normalized spacial score (nSPS) is 19.8. The lowest BCUT2D eigenvalue weighted by Gasteiger charge is -2.23. The van der Waals surface area contributed by atoms with Crippen molar-refractivity contribution in [1.82, 2.24) is 9.62 Å². The molecule has 2 aromatic rings. The molecule has 0 spiro atoms. The number of benzene rings is 2. The van der Waals surface area contributed by atoms with Gasteiger partial charge in [-0.15, -0.1) is 0 Å². The third-order valence-corrected chi connectivity index (χ3v) is 6.54. The largest absolute Gasteiger partial charge is 0.489 e. The maximum atomic E-state index is 13.1. The summed E-state index contributed by atoms with van der Waals surface area (Å²) in [5, 5.41) is 2.75. The van der Waals surface area contributed by atoms with Crippen LogP contribution in [0.15, 0.2) is 60.7 Å². The molecule has 1 aliphatic heterocycles. The smallest absolute Gasteiger partial charge is 0.238 e. The van der Waals surface area contributed by atoms with Crippen molar-refractivity contribution in [3.05, 3.63) is 66.2 Å². The molecule has 1 saturated heterocycles. The first-order valence-corrected chi connectivity index (χ1v) is 11.1. The molecule has 1 N–H and O–H groups in total. The number of hydrogen-bond acceptors (Lipinski definition) is 5. The zero-order valence-electron chi connectivity index (χ0n) is 16.4. The van der Waals surface area contributed by atoms with Gasteiger partial charge >= 0.3 is 0 Å². The molecular weight excluding hydrogens is 392 g/mol. The Hall–Kier alpha value is -2.42. The number of hydrogen-bond donors (Lipinski definition) is 1. The van der Waals surface area contributed by atoms with E-state index in [1.807, 2.05) is 36.4 Å². The number of para-hydroxylation sites is 1. The van der Waals surface area contributed by atoms with Gasteiger partial charge in [0.05, 0.1) is 18.9 Å². The van der Waals surface area contributed by atoms with Crippen LogP contribution in [-0.2, 0) is 25.3 Å². The Kier molecular flexibility index (Phi) is 7.24. The van der Waals surface area contributed by atoms with Gasteiger partial charge in [0.15, 0.2) is 0 Å². The van der Waals surface area contributed by atoms with Crippen molar-refractivity contribution >= 4 is 15.9 Å². The Morgan fingerprint density at radius 3 is 2.41 bits per heavy atom. The predicted octanol–water partition coefficient (Wildman–Crippen LogP) is 1.80. The van der Waals surface area contributed by atoms with E-state index >= 15 is 0 Å². The molecule has 0 saturated carbocycles. The first kappa shape index (κ1) is 21.3. The van der Waals surface area contributed by atoms with Crippen molar-refractivity contribution in [2.24, 2.45) is 0 Å². The Morgan fingerprint density at radius 1 is 1.10 bits per heavy atom. The maximum absolute atomic E-state index is 13.1. The summed E-state index contributed by atoms with van der Waals surface area (Å²) in [6, 6.07) is 17.4. The van der Waals surface area contributed by atoms with Gasteiger partial charge in [0.2, 0.25) is 15.9 Å². The minimum atomic E-state index is -3.70. The number of carbonyl (C=O) groups is 1. The first-order valence-electron chi connectivity index (χ1n) is 9.51. The van der Waals surface area contributed by atoms with Crippen LogP contribution in [0.3, 0.4) is 0 Å². The molecule has 7 nitrogen and oxygen atoms in total. The molecule has 156 valence electrons. The van der Waals surface area contributed by atoms with Crippen molar-refractivity contribution in [2.45, 2.75) is 24.3 Å². The molecule has 1 heterocycles. The summed E-state index contributed by atoms with van der Waals surface area (Å²) in [5.74, 6) is 0.157. The molecule has 2 aromatic carbocycles. The van der Waals surface area contributed by atoms with Crippen LogP contribution in [0.1, 0.15) is 12.0 Å². The van der Waals surface area contributed by atoms with Gasteiger partial charge in [0, 0.05) is 20.1 Å². The SMILES string of the molecule is COCCNC(=O)[C@@H]1C[C@H](Oc2ccccc2)CN1S(=O)(=O)Cc1ccccc1. The molecule has 3 rings (SSSR count). The molecule has 0 aliphatic carbocycles. The lowest BCUT2D eigenvalue weighted by molar-refractivity contribution is -0.124. The number of nitrogens with zero attached hydrogens (tertiary/aromatic N) is 1. The van der Waals surface area contributed by atoms with Gasteiger partial charge in [0.25, 0.3) is 0 Å². The first-order chi connectivity index (χ1) is 14.0. The van der Waals surface area contributed by atoms with Crippen molar-refractivity contribution in [3.63, 3.8) is 0 Å². The van der Waals surface area contributed by atoms with E-state index in [-0.39, 0.29) is 18.2 Å². The minimum absolute atomic E-state index is 0.131. The van der Waals surface area contributed by atoms with Crippen LogP contribution in [0.5, 0.6) is 5.75 Å². The lowest BCUT2D eigenvalue weighted by atomic mass is 10.2. The van der Waals surface area contributed by atoms with Gasteiger partial charge < -0.3 is 14.8 Å². The van der Waals surface area contributed by atoms with Gasteiger partial charge in [-0.1, -0.05) is 48.5 Å². The number of nitrogens with one attached hydrogen (secondary N) is 1. The highest BCUT2D eigenvalue weighted by molar-refractivity contribution is 7.88. The fourth-order valence-corrected chi connectivity index (χ4v) is 5.10. The second-order valence-corrected chi connectivity index (χ2v) is 8.82. The molecular formula is C21H26N2O5S. The molecule has 2 atom stereocenters. The Morgan fingerprint density at radius 2 is 1.76 bits per heavy atom. The Labute approximate surface area is 171 Å². The predicted molar refractivity (Wildman–Crippen MR) is 110 cm³/mol. The topological polar surface area (TPSA) is 84.9 Å². The lowest BCUT2D eigenvalue weighted by Crippen LogP contribution is -2.46. The van der Waals surface area contributed by atoms with Crippen molar-refractivity contribution in [3.8, 4) is 5.75 Å².